The molecule has 0 N–H and O–H groups in total. The largest absolute Gasteiger partial charge is 0.376 e. The Labute approximate surface area is 141 Å². The van der Waals surface area contributed by atoms with E-state index in [9.17, 15) is 8.42 Å². The number of rotatable bonds is 5. The third kappa shape index (κ3) is 3.49. The van der Waals surface area contributed by atoms with Gasteiger partial charge >= 0.3 is 0 Å². The molecule has 134 valence electrons. The lowest BCUT2D eigenvalue weighted by Gasteiger charge is -2.24. The highest BCUT2D eigenvalue weighted by Gasteiger charge is 2.55. The summed E-state index contributed by atoms with van der Waals surface area (Å²) in [4.78, 5) is 0.105. The van der Waals surface area contributed by atoms with Crippen LogP contribution >= 0.6 is 0 Å². The van der Waals surface area contributed by atoms with E-state index in [0.717, 1.165) is 5.56 Å². The van der Waals surface area contributed by atoms with E-state index in [-0.39, 0.29) is 11.5 Å². The molecule has 7 nitrogen and oxygen atoms in total. The van der Waals surface area contributed by atoms with Crippen LogP contribution in [0, 0.1) is 6.92 Å². The number of benzene rings is 1. The van der Waals surface area contributed by atoms with Gasteiger partial charge in [-0.15, -0.1) is 0 Å². The Hall–Kier alpha value is -1.03. The average molecular weight is 358 g/mol. The second-order valence-corrected chi connectivity index (χ2v) is 8.01. The van der Waals surface area contributed by atoms with Gasteiger partial charge in [0.25, 0.3) is 10.1 Å². The standard InChI is InChI=1S/C16H22O7S/c1-10-5-7-11(8-6-10)24(17,18)20-9-12-13(19-4)14-15(21-12)23-16(2,3)22-14/h5-8,12-15H,9H2,1-4H3/t12-,13-,14-,15+/m1/s1. The monoisotopic (exact) mass is 358 g/mol. The maximum absolute atomic E-state index is 12.3. The molecular formula is C16H22O7S. The molecule has 0 bridgehead atoms. The maximum atomic E-state index is 12.3. The molecule has 24 heavy (non-hydrogen) atoms. The molecule has 0 saturated carbocycles. The Bertz CT molecular complexity index is 683. The lowest BCUT2D eigenvalue weighted by atomic mass is 10.1. The van der Waals surface area contributed by atoms with Gasteiger partial charge in [-0.25, -0.2) is 0 Å². The van der Waals surface area contributed by atoms with Crippen molar-refractivity contribution in [2.24, 2.45) is 0 Å². The molecule has 8 heteroatoms. The molecule has 0 amide bonds. The molecule has 2 heterocycles. The Balaban J connectivity index is 1.66. The van der Waals surface area contributed by atoms with Crippen LogP contribution in [-0.2, 0) is 33.2 Å². The van der Waals surface area contributed by atoms with Gasteiger partial charge < -0.3 is 18.9 Å². The molecule has 2 fully saturated rings. The van der Waals surface area contributed by atoms with E-state index in [1.165, 1.54) is 19.2 Å². The van der Waals surface area contributed by atoms with Gasteiger partial charge in [0.2, 0.25) is 0 Å². The quantitative estimate of drug-likeness (QED) is 0.740. The predicted molar refractivity (Wildman–Crippen MR) is 83.8 cm³/mol. The normalized spacial score (nSPS) is 32.0. The van der Waals surface area contributed by atoms with Crippen LogP contribution in [0.25, 0.3) is 0 Å². The van der Waals surface area contributed by atoms with Gasteiger partial charge in [0.1, 0.15) is 18.3 Å². The molecule has 1 aromatic rings. The molecule has 0 aromatic heterocycles. The highest BCUT2D eigenvalue weighted by molar-refractivity contribution is 7.86. The van der Waals surface area contributed by atoms with Gasteiger partial charge in [0, 0.05) is 7.11 Å². The van der Waals surface area contributed by atoms with Crippen LogP contribution in [0.2, 0.25) is 0 Å². The van der Waals surface area contributed by atoms with Crippen molar-refractivity contribution >= 4 is 10.1 Å². The van der Waals surface area contributed by atoms with Crippen LogP contribution < -0.4 is 0 Å². The summed E-state index contributed by atoms with van der Waals surface area (Å²) in [5.74, 6) is -0.758. The number of hydrogen-bond acceptors (Lipinski definition) is 7. The summed E-state index contributed by atoms with van der Waals surface area (Å²) >= 11 is 0. The van der Waals surface area contributed by atoms with Crippen LogP contribution in [0.5, 0.6) is 0 Å². The van der Waals surface area contributed by atoms with Gasteiger partial charge in [-0.3, -0.25) is 4.18 Å². The Morgan fingerprint density at radius 3 is 2.46 bits per heavy atom. The summed E-state index contributed by atoms with van der Waals surface area (Å²) in [5, 5.41) is 0. The van der Waals surface area contributed by atoms with Crippen LogP contribution in [0.1, 0.15) is 19.4 Å². The number of methoxy groups -OCH3 is 1. The fourth-order valence-corrected chi connectivity index (χ4v) is 3.81. The predicted octanol–water partition coefficient (Wildman–Crippen LogP) is 1.59. The minimum atomic E-state index is -3.86. The summed E-state index contributed by atoms with van der Waals surface area (Å²) in [7, 11) is -2.34. The van der Waals surface area contributed by atoms with Crippen molar-refractivity contribution in [2.45, 2.75) is 56.1 Å². The highest BCUT2D eigenvalue weighted by Crippen LogP contribution is 2.38. The molecule has 0 radical (unpaired) electrons. The molecule has 4 atom stereocenters. The van der Waals surface area contributed by atoms with Gasteiger partial charge in [-0.2, -0.15) is 8.42 Å². The van der Waals surface area contributed by atoms with E-state index in [4.69, 9.17) is 23.1 Å². The van der Waals surface area contributed by atoms with Crippen LogP contribution in [0.3, 0.4) is 0 Å². The van der Waals surface area contributed by atoms with E-state index in [1.54, 1.807) is 26.0 Å². The van der Waals surface area contributed by atoms with E-state index >= 15 is 0 Å². The topological polar surface area (TPSA) is 80.3 Å². The Kier molecular flexibility index (Phi) is 4.71. The first kappa shape index (κ1) is 17.8. The molecule has 2 saturated heterocycles. The second kappa shape index (κ2) is 6.36. The van der Waals surface area contributed by atoms with E-state index < -0.39 is 40.5 Å². The maximum Gasteiger partial charge on any atom is 0.297 e. The van der Waals surface area contributed by atoms with Crippen molar-refractivity contribution in [3.05, 3.63) is 29.8 Å². The smallest absolute Gasteiger partial charge is 0.297 e. The number of hydrogen-bond donors (Lipinski definition) is 0. The zero-order valence-corrected chi connectivity index (χ0v) is 14.9. The van der Waals surface area contributed by atoms with E-state index in [1.807, 2.05) is 6.92 Å². The molecular weight excluding hydrogens is 336 g/mol. The first-order chi connectivity index (χ1) is 11.2. The van der Waals surface area contributed by atoms with E-state index in [2.05, 4.69) is 0 Å². The zero-order chi connectivity index (χ0) is 17.5. The molecule has 1 aromatic carbocycles. The third-order valence-electron chi connectivity index (χ3n) is 4.06. The van der Waals surface area contributed by atoms with Gasteiger partial charge in [0.15, 0.2) is 12.1 Å². The van der Waals surface area contributed by atoms with Crippen LogP contribution in [0.4, 0.5) is 0 Å². The molecule has 0 spiro atoms. The molecule has 2 aliphatic heterocycles. The summed E-state index contributed by atoms with van der Waals surface area (Å²) in [6.45, 7) is 5.28. The minimum absolute atomic E-state index is 0.105. The van der Waals surface area contributed by atoms with Crippen molar-refractivity contribution in [3.63, 3.8) is 0 Å². The number of aryl methyl sites for hydroxylation is 1. The van der Waals surface area contributed by atoms with Gasteiger partial charge in [-0.1, -0.05) is 17.7 Å². The number of fused-ring (bicyclic) bond motifs is 1. The first-order valence-electron chi connectivity index (χ1n) is 7.72. The fraction of sp³-hybridized carbons (Fsp3) is 0.625. The second-order valence-electron chi connectivity index (χ2n) is 6.40. The zero-order valence-electron chi connectivity index (χ0n) is 14.1. The third-order valence-corrected chi connectivity index (χ3v) is 5.35. The average Bonchev–Trinajstić information content (AvgIpc) is 2.96. The molecule has 0 unspecified atom stereocenters. The summed E-state index contributed by atoms with van der Waals surface area (Å²) in [6, 6.07) is 6.46. The Morgan fingerprint density at radius 2 is 1.83 bits per heavy atom. The van der Waals surface area contributed by atoms with Gasteiger partial charge in [-0.05, 0) is 32.9 Å². The Morgan fingerprint density at radius 1 is 1.17 bits per heavy atom. The minimum Gasteiger partial charge on any atom is -0.376 e. The summed E-state index contributed by atoms with van der Waals surface area (Å²) < 4.78 is 52.2. The summed E-state index contributed by atoms with van der Waals surface area (Å²) in [5.41, 5.74) is 0.970. The van der Waals surface area contributed by atoms with Crippen molar-refractivity contribution in [2.75, 3.05) is 13.7 Å². The highest BCUT2D eigenvalue weighted by atomic mass is 32.2. The molecule has 0 aliphatic carbocycles. The van der Waals surface area contributed by atoms with Crippen molar-refractivity contribution < 1.29 is 31.5 Å². The van der Waals surface area contributed by atoms with Crippen LogP contribution in [0.15, 0.2) is 29.2 Å². The van der Waals surface area contributed by atoms with Gasteiger partial charge in [0.05, 0.1) is 11.5 Å². The van der Waals surface area contributed by atoms with Crippen molar-refractivity contribution in [1.29, 1.82) is 0 Å². The summed E-state index contributed by atoms with van der Waals surface area (Å²) in [6.07, 6.45) is -2.08. The molecule has 2 aliphatic rings. The lowest BCUT2D eigenvalue weighted by molar-refractivity contribution is -0.219. The van der Waals surface area contributed by atoms with Crippen molar-refractivity contribution in [3.8, 4) is 0 Å². The first-order valence-corrected chi connectivity index (χ1v) is 9.13. The molecule has 3 rings (SSSR count). The van der Waals surface area contributed by atoms with E-state index in [0.29, 0.717) is 0 Å². The van der Waals surface area contributed by atoms with Crippen molar-refractivity contribution in [1.82, 2.24) is 0 Å². The lowest BCUT2D eigenvalue weighted by Crippen LogP contribution is -2.38. The fourth-order valence-electron chi connectivity index (χ4n) is 2.90. The SMILES string of the molecule is CO[C@H]1[C@H]2OC(C)(C)O[C@@H]2O[C@@H]1COS(=O)(=O)c1ccc(C)cc1. The number of ether oxygens (including phenoxy) is 4. The van der Waals surface area contributed by atoms with Crippen LogP contribution in [-0.4, -0.2) is 52.5 Å².